The fourth-order valence-corrected chi connectivity index (χ4v) is 3.54. The number of nitrogens with zero attached hydrogens (tertiary/aromatic N) is 1. The summed E-state index contributed by atoms with van der Waals surface area (Å²) in [7, 11) is 0. The molecule has 0 aliphatic carbocycles. The van der Waals surface area contributed by atoms with Gasteiger partial charge in [-0.05, 0) is 41.1 Å². The number of thiazole rings is 1. The van der Waals surface area contributed by atoms with Gasteiger partial charge in [-0.25, -0.2) is 9.78 Å². The van der Waals surface area contributed by atoms with Crippen molar-refractivity contribution in [1.29, 1.82) is 0 Å². The number of nitrogen functional groups attached to an aromatic ring is 1. The lowest BCUT2D eigenvalue weighted by Crippen LogP contribution is -2.20. The van der Waals surface area contributed by atoms with E-state index in [0.717, 1.165) is 22.0 Å². The van der Waals surface area contributed by atoms with Gasteiger partial charge in [-0.3, -0.25) is 10.1 Å². The van der Waals surface area contributed by atoms with Crippen LogP contribution >= 0.6 is 11.3 Å². The third-order valence-corrected chi connectivity index (χ3v) is 5.03. The average molecular weight is 403 g/mol. The molecule has 4 rings (SSSR count). The van der Waals surface area contributed by atoms with Crippen LogP contribution in [0.3, 0.4) is 0 Å². The maximum absolute atomic E-state index is 12.1. The summed E-state index contributed by atoms with van der Waals surface area (Å²) in [5.41, 5.74) is 8.20. The molecule has 144 valence electrons. The van der Waals surface area contributed by atoms with Crippen LogP contribution in [0.2, 0.25) is 0 Å². The van der Waals surface area contributed by atoms with E-state index < -0.39 is 18.5 Å². The molecule has 3 N–H and O–H groups in total. The Balaban J connectivity index is 1.37. The van der Waals surface area contributed by atoms with Crippen molar-refractivity contribution in [3.8, 4) is 11.3 Å². The molecule has 3 aromatic carbocycles. The SMILES string of the molecule is Nc1ccc(C(=O)OCC(=O)Nc2nc(-c3ccc4ccccc4c3)cs2)cc1. The molecule has 0 unspecified atom stereocenters. The highest BCUT2D eigenvalue weighted by Crippen LogP contribution is 2.27. The molecule has 0 aliphatic rings. The maximum atomic E-state index is 12.1. The van der Waals surface area contributed by atoms with Crippen LogP contribution in [0.4, 0.5) is 10.8 Å². The van der Waals surface area contributed by atoms with E-state index in [1.165, 1.54) is 11.3 Å². The van der Waals surface area contributed by atoms with Crippen molar-refractivity contribution in [1.82, 2.24) is 4.98 Å². The second kappa shape index (κ2) is 8.12. The molecule has 0 radical (unpaired) electrons. The minimum absolute atomic E-state index is 0.333. The van der Waals surface area contributed by atoms with Gasteiger partial charge < -0.3 is 10.5 Å². The van der Waals surface area contributed by atoms with Gasteiger partial charge in [-0.2, -0.15) is 0 Å². The Morgan fingerprint density at radius 2 is 1.76 bits per heavy atom. The number of carbonyl (C=O) groups is 2. The van der Waals surface area contributed by atoms with Crippen LogP contribution < -0.4 is 11.1 Å². The first-order valence-electron chi connectivity index (χ1n) is 8.86. The molecule has 7 heteroatoms. The first-order valence-corrected chi connectivity index (χ1v) is 9.74. The van der Waals surface area contributed by atoms with Crippen molar-refractivity contribution in [3.63, 3.8) is 0 Å². The van der Waals surface area contributed by atoms with Crippen molar-refractivity contribution < 1.29 is 14.3 Å². The molecule has 4 aromatic rings. The van der Waals surface area contributed by atoms with Gasteiger partial charge in [-0.1, -0.05) is 36.4 Å². The highest BCUT2D eigenvalue weighted by molar-refractivity contribution is 7.14. The molecule has 0 aliphatic heterocycles. The molecule has 0 saturated heterocycles. The van der Waals surface area contributed by atoms with Crippen LogP contribution in [0.5, 0.6) is 0 Å². The minimum Gasteiger partial charge on any atom is -0.452 e. The number of benzene rings is 3. The number of amides is 1. The van der Waals surface area contributed by atoms with E-state index in [-0.39, 0.29) is 0 Å². The fourth-order valence-electron chi connectivity index (χ4n) is 2.80. The summed E-state index contributed by atoms with van der Waals surface area (Å²) in [6.07, 6.45) is 0. The van der Waals surface area contributed by atoms with Gasteiger partial charge in [0.15, 0.2) is 11.7 Å². The van der Waals surface area contributed by atoms with E-state index in [0.29, 0.717) is 16.4 Å². The van der Waals surface area contributed by atoms with Crippen LogP contribution in [0.1, 0.15) is 10.4 Å². The summed E-state index contributed by atoms with van der Waals surface area (Å²) in [4.78, 5) is 28.5. The zero-order valence-corrected chi connectivity index (χ0v) is 16.1. The summed E-state index contributed by atoms with van der Waals surface area (Å²) in [5, 5.41) is 7.26. The smallest absolute Gasteiger partial charge is 0.338 e. The van der Waals surface area contributed by atoms with Crippen LogP contribution in [-0.2, 0) is 9.53 Å². The second-order valence-corrected chi connectivity index (χ2v) is 7.20. The van der Waals surface area contributed by atoms with Crippen LogP contribution in [0.25, 0.3) is 22.0 Å². The van der Waals surface area contributed by atoms with Gasteiger partial charge >= 0.3 is 5.97 Å². The van der Waals surface area contributed by atoms with Gasteiger partial charge in [-0.15, -0.1) is 11.3 Å². The number of rotatable bonds is 5. The van der Waals surface area contributed by atoms with Crippen molar-refractivity contribution in [2.75, 3.05) is 17.7 Å². The summed E-state index contributed by atoms with van der Waals surface area (Å²) >= 11 is 1.31. The summed E-state index contributed by atoms with van der Waals surface area (Å²) in [6, 6.07) is 20.5. The molecule has 0 atom stereocenters. The van der Waals surface area contributed by atoms with Gasteiger partial charge in [0.2, 0.25) is 0 Å². The summed E-state index contributed by atoms with van der Waals surface area (Å²) in [5.74, 6) is -1.04. The quantitative estimate of drug-likeness (QED) is 0.382. The highest BCUT2D eigenvalue weighted by atomic mass is 32.1. The lowest BCUT2D eigenvalue weighted by atomic mass is 10.1. The number of esters is 1. The Labute approximate surface area is 171 Å². The van der Waals surface area contributed by atoms with E-state index in [1.54, 1.807) is 24.3 Å². The summed E-state index contributed by atoms with van der Waals surface area (Å²) in [6.45, 7) is -0.395. The number of anilines is 2. The molecule has 29 heavy (non-hydrogen) atoms. The van der Waals surface area contributed by atoms with Crippen molar-refractivity contribution in [2.24, 2.45) is 0 Å². The lowest BCUT2D eigenvalue weighted by molar-refractivity contribution is -0.119. The van der Waals surface area contributed by atoms with Gasteiger partial charge in [0.05, 0.1) is 11.3 Å². The van der Waals surface area contributed by atoms with E-state index in [4.69, 9.17) is 10.5 Å². The Hall–Kier alpha value is -3.71. The number of nitrogens with two attached hydrogens (primary N) is 1. The highest BCUT2D eigenvalue weighted by Gasteiger charge is 2.12. The van der Waals surface area contributed by atoms with Crippen molar-refractivity contribution >= 4 is 44.8 Å². The number of hydrogen-bond donors (Lipinski definition) is 2. The minimum atomic E-state index is -0.587. The van der Waals surface area contributed by atoms with E-state index in [9.17, 15) is 9.59 Å². The third kappa shape index (κ3) is 4.41. The van der Waals surface area contributed by atoms with Gasteiger partial charge in [0, 0.05) is 16.6 Å². The first kappa shape index (κ1) is 18.6. The number of hydrogen-bond acceptors (Lipinski definition) is 6. The number of ether oxygens (including phenoxy) is 1. The second-order valence-electron chi connectivity index (χ2n) is 6.35. The topological polar surface area (TPSA) is 94.3 Å². The standard InChI is InChI=1S/C22H17N3O3S/c23-18-9-7-15(8-10-18)21(27)28-12-20(26)25-22-24-19(13-29-22)17-6-5-14-3-1-2-4-16(14)11-17/h1-11,13H,12,23H2,(H,24,25,26). The largest absolute Gasteiger partial charge is 0.452 e. The van der Waals surface area contributed by atoms with Crippen molar-refractivity contribution in [2.45, 2.75) is 0 Å². The molecule has 1 aromatic heterocycles. The van der Waals surface area contributed by atoms with E-state index in [2.05, 4.69) is 22.4 Å². The number of fused-ring (bicyclic) bond motifs is 1. The maximum Gasteiger partial charge on any atom is 0.338 e. The average Bonchev–Trinajstić information content (AvgIpc) is 3.20. The number of carbonyl (C=O) groups excluding carboxylic acids is 2. The molecule has 1 heterocycles. The third-order valence-electron chi connectivity index (χ3n) is 4.28. The first-order chi connectivity index (χ1) is 14.1. The van der Waals surface area contributed by atoms with Crippen molar-refractivity contribution in [3.05, 3.63) is 77.7 Å². The zero-order chi connectivity index (χ0) is 20.2. The number of aromatic nitrogens is 1. The predicted octanol–water partition coefficient (Wildman–Crippen LogP) is 4.34. The molecule has 0 saturated carbocycles. The van der Waals surface area contributed by atoms with Crippen LogP contribution in [-0.4, -0.2) is 23.5 Å². The monoisotopic (exact) mass is 403 g/mol. The summed E-state index contributed by atoms with van der Waals surface area (Å²) < 4.78 is 5.03. The molecule has 0 bridgehead atoms. The molecular formula is C22H17N3O3S. The van der Waals surface area contributed by atoms with Crippen LogP contribution in [0, 0.1) is 0 Å². The molecular weight excluding hydrogens is 386 g/mol. The Morgan fingerprint density at radius 3 is 2.55 bits per heavy atom. The lowest BCUT2D eigenvalue weighted by Gasteiger charge is -2.05. The van der Waals surface area contributed by atoms with Crippen LogP contribution in [0.15, 0.2) is 72.1 Å². The number of nitrogens with one attached hydrogen (secondary N) is 1. The molecule has 1 amide bonds. The van der Waals surface area contributed by atoms with Gasteiger partial charge in [0.1, 0.15) is 0 Å². The Bertz CT molecular complexity index is 1190. The van der Waals surface area contributed by atoms with E-state index in [1.807, 2.05) is 35.7 Å². The zero-order valence-electron chi connectivity index (χ0n) is 15.3. The molecule has 0 fully saturated rings. The Morgan fingerprint density at radius 1 is 1.00 bits per heavy atom. The normalized spacial score (nSPS) is 10.6. The fraction of sp³-hybridized carbons (Fsp3) is 0.0455. The molecule has 0 spiro atoms. The molecule has 6 nitrogen and oxygen atoms in total. The van der Waals surface area contributed by atoms with E-state index >= 15 is 0 Å². The predicted molar refractivity (Wildman–Crippen MR) is 115 cm³/mol. The Kier molecular flexibility index (Phi) is 5.22. The van der Waals surface area contributed by atoms with Gasteiger partial charge in [0.25, 0.3) is 5.91 Å².